The Morgan fingerprint density at radius 2 is 2.29 bits per heavy atom. The summed E-state index contributed by atoms with van der Waals surface area (Å²) in [6.45, 7) is 8.35. The summed E-state index contributed by atoms with van der Waals surface area (Å²) in [7, 11) is 0. The van der Waals surface area contributed by atoms with Crippen LogP contribution in [0.5, 0.6) is 0 Å². The lowest BCUT2D eigenvalue weighted by molar-refractivity contribution is 0.379. The topological polar surface area (TPSA) is 83.9 Å². The lowest BCUT2D eigenvalue weighted by Gasteiger charge is -2.39. The summed E-state index contributed by atoms with van der Waals surface area (Å²) in [6.07, 6.45) is 4.58. The van der Waals surface area contributed by atoms with Gasteiger partial charge in [-0.1, -0.05) is 6.07 Å². The Balaban J connectivity index is 1.91. The first-order valence-corrected chi connectivity index (χ1v) is 8.03. The van der Waals surface area contributed by atoms with Gasteiger partial charge in [0.2, 0.25) is 0 Å². The molecule has 3 heterocycles. The molecule has 0 aliphatic carbocycles. The average Bonchev–Trinajstić information content (AvgIpc) is 3.09. The summed E-state index contributed by atoms with van der Waals surface area (Å²) in [5.74, 6) is -0.0420. The van der Waals surface area contributed by atoms with Gasteiger partial charge in [-0.2, -0.15) is 10.4 Å². The standard InChI is InChI=1S/C18H16N6/c1-21-17-16(11-5-6-14-12(8-11)10-22-23-14)13(9-19)15-4-2-3-7-24(15)18(17)20/h5-6,8,10,16-17,20H,2-4,7H2,(H,22,23). The van der Waals surface area contributed by atoms with Crippen LogP contribution in [0.4, 0.5) is 0 Å². The minimum absolute atomic E-state index is 0.330. The number of allylic oxidation sites excluding steroid dienone is 1. The van der Waals surface area contributed by atoms with E-state index < -0.39 is 6.04 Å². The van der Waals surface area contributed by atoms with Gasteiger partial charge in [0.15, 0.2) is 5.84 Å². The van der Waals surface area contributed by atoms with Gasteiger partial charge in [0.1, 0.15) is 5.92 Å². The first-order valence-electron chi connectivity index (χ1n) is 8.03. The van der Waals surface area contributed by atoms with Crippen molar-refractivity contribution in [3.63, 3.8) is 0 Å². The van der Waals surface area contributed by atoms with Gasteiger partial charge in [0, 0.05) is 17.6 Å². The van der Waals surface area contributed by atoms with Gasteiger partial charge in [-0.15, -0.1) is 0 Å². The quantitative estimate of drug-likeness (QED) is 0.792. The number of hydrogen-bond donors (Lipinski definition) is 2. The summed E-state index contributed by atoms with van der Waals surface area (Å²) in [6, 6.07) is 7.55. The number of H-pyrrole nitrogens is 1. The number of rotatable bonds is 1. The molecule has 0 amide bonds. The van der Waals surface area contributed by atoms with E-state index in [0.717, 1.165) is 48.0 Å². The number of aromatic nitrogens is 2. The van der Waals surface area contributed by atoms with Gasteiger partial charge in [-0.25, -0.2) is 6.57 Å². The monoisotopic (exact) mass is 316 g/mol. The molecule has 1 aromatic carbocycles. The smallest absolute Gasteiger partial charge is 0.291 e. The molecule has 2 aliphatic heterocycles. The lowest BCUT2D eigenvalue weighted by atomic mass is 9.78. The molecule has 2 N–H and O–H groups in total. The van der Waals surface area contributed by atoms with E-state index in [1.54, 1.807) is 6.20 Å². The molecule has 0 radical (unpaired) electrons. The van der Waals surface area contributed by atoms with Crippen molar-refractivity contribution >= 4 is 16.7 Å². The van der Waals surface area contributed by atoms with E-state index in [0.29, 0.717) is 11.4 Å². The fraction of sp³-hybridized carbons (Fsp3) is 0.333. The summed E-state index contributed by atoms with van der Waals surface area (Å²) in [5.41, 5.74) is 3.42. The molecule has 4 rings (SSSR count). The maximum absolute atomic E-state index is 9.81. The second-order valence-electron chi connectivity index (χ2n) is 6.23. The second-order valence-corrected chi connectivity index (χ2v) is 6.23. The van der Waals surface area contributed by atoms with E-state index in [1.165, 1.54) is 0 Å². The lowest BCUT2D eigenvalue weighted by Crippen LogP contribution is -2.46. The molecular weight excluding hydrogens is 300 g/mol. The number of aromatic amines is 1. The summed E-state index contributed by atoms with van der Waals surface area (Å²) >= 11 is 0. The van der Waals surface area contributed by atoms with Crippen molar-refractivity contribution < 1.29 is 0 Å². The molecule has 2 unspecified atom stereocenters. The third-order valence-corrected chi connectivity index (χ3v) is 4.96. The fourth-order valence-electron chi connectivity index (χ4n) is 3.81. The van der Waals surface area contributed by atoms with Crippen LogP contribution in [0.25, 0.3) is 15.7 Å². The molecule has 6 nitrogen and oxygen atoms in total. The van der Waals surface area contributed by atoms with E-state index in [1.807, 2.05) is 23.1 Å². The molecular formula is C18H16N6. The Morgan fingerprint density at radius 3 is 3.08 bits per heavy atom. The number of nitrogens with one attached hydrogen (secondary N) is 2. The largest absolute Gasteiger partial charge is 0.327 e. The van der Waals surface area contributed by atoms with Crippen LogP contribution in [-0.4, -0.2) is 33.5 Å². The number of hydrogen-bond acceptors (Lipinski definition) is 3. The molecule has 2 atom stereocenters. The van der Waals surface area contributed by atoms with Gasteiger partial charge in [-0.3, -0.25) is 10.5 Å². The van der Waals surface area contributed by atoms with Gasteiger partial charge >= 0.3 is 0 Å². The fourth-order valence-corrected chi connectivity index (χ4v) is 3.81. The molecule has 0 spiro atoms. The normalized spacial score (nSPS) is 23.8. The first-order chi connectivity index (χ1) is 11.7. The number of nitriles is 1. The third-order valence-electron chi connectivity index (χ3n) is 4.96. The van der Waals surface area contributed by atoms with E-state index in [2.05, 4.69) is 21.1 Å². The van der Waals surface area contributed by atoms with E-state index in [4.69, 9.17) is 12.0 Å². The zero-order chi connectivity index (χ0) is 16.7. The Morgan fingerprint density at radius 1 is 1.42 bits per heavy atom. The van der Waals surface area contributed by atoms with Gasteiger partial charge < -0.3 is 9.74 Å². The predicted octanol–water partition coefficient (Wildman–Crippen LogP) is 3.19. The van der Waals surface area contributed by atoms with Gasteiger partial charge in [0.05, 0.1) is 23.4 Å². The van der Waals surface area contributed by atoms with Gasteiger partial charge in [-0.05, 0) is 37.0 Å². The van der Waals surface area contributed by atoms with Crippen LogP contribution < -0.4 is 0 Å². The Kier molecular flexibility index (Phi) is 3.32. The van der Waals surface area contributed by atoms with Crippen LogP contribution in [0.3, 0.4) is 0 Å². The zero-order valence-corrected chi connectivity index (χ0v) is 13.1. The molecule has 0 saturated carbocycles. The minimum atomic E-state index is -0.647. The summed E-state index contributed by atoms with van der Waals surface area (Å²) in [5, 5.41) is 26.2. The van der Waals surface area contributed by atoms with Crippen molar-refractivity contribution in [2.45, 2.75) is 31.2 Å². The molecule has 0 bridgehead atoms. The van der Waals surface area contributed by atoms with Crippen LogP contribution >= 0.6 is 0 Å². The second kappa shape index (κ2) is 5.50. The Hall–Kier alpha value is -3.12. The summed E-state index contributed by atoms with van der Waals surface area (Å²) in [4.78, 5) is 5.60. The Labute approximate surface area is 139 Å². The molecule has 2 aliphatic rings. The van der Waals surface area contributed by atoms with Crippen LogP contribution in [0, 0.1) is 23.3 Å². The number of amidine groups is 1. The average molecular weight is 316 g/mol. The van der Waals surface area contributed by atoms with Gasteiger partial charge in [0.25, 0.3) is 6.04 Å². The predicted molar refractivity (Wildman–Crippen MR) is 90.1 cm³/mol. The molecule has 1 aromatic heterocycles. The van der Waals surface area contributed by atoms with Crippen molar-refractivity contribution in [1.82, 2.24) is 15.1 Å². The first kappa shape index (κ1) is 14.5. The Bertz CT molecular complexity index is 938. The maximum Gasteiger partial charge on any atom is 0.291 e. The highest BCUT2D eigenvalue weighted by molar-refractivity contribution is 5.92. The minimum Gasteiger partial charge on any atom is -0.327 e. The molecule has 2 aromatic rings. The zero-order valence-electron chi connectivity index (χ0n) is 13.1. The van der Waals surface area contributed by atoms with E-state index in [9.17, 15) is 5.26 Å². The molecule has 6 heteroatoms. The number of benzene rings is 1. The van der Waals surface area contributed by atoms with Crippen LogP contribution in [0.2, 0.25) is 0 Å². The number of nitrogens with zero attached hydrogens (tertiary/aromatic N) is 4. The molecule has 1 saturated heterocycles. The van der Waals surface area contributed by atoms with Crippen LogP contribution in [-0.2, 0) is 0 Å². The highest BCUT2D eigenvalue weighted by atomic mass is 15.2. The molecule has 118 valence electrons. The van der Waals surface area contributed by atoms with Crippen LogP contribution in [0.15, 0.2) is 35.7 Å². The highest BCUT2D eigenvalue weighted by Gasteiger charge is 2.45. The SMILES string of the molecule is [C-]#[N+]C1C(=N)N2CCCCC2=C(C#N)C1c1ccc2[nH]ncc2c1. The van der Waals surface area contributed by atoms with Crippen molar-refractivity contribution in [3.8, 4) is 6.07 Å². The van der Waals surface area contributed by atoms with Crippen molar-refractivity contribution in [1.29, 1.82) is 10.7 Å². The number of piperidine rings is 1. The highest BCUT2D eigenvalue weighted by Crippen LogP contribution is 2.41. The number of fused-ring (bicyclic) bond motifs is 2. The van der Waals surface area contributed by atoms with Crippen molar-refractivity contribution in [2.75, 3.05) is 6.54 Å². The van der Waals surface area contributed by atoms with E-state index >= 15 is 0 Å². The molecule has 24 heavy (non-hydrogen) atoms. The van der Waals surface area contributed by atoms with Crippen molar-refractivity contribution in [2.24, 2.45) is 0 Å². The van der Waals surface area contributed by atoms with E-state index in [-0.39, 0.29) is 5.92 Å². The van der Waals surface area contributed by atoms with Crippen LogP contribution in [0.1, 0.15) is 30.7 Å². The summed E-state index contributed by atoms with van der Waals surface area (Å²) < 4.78 is 0. The molecule has 1 fully saturated rings. The maximum atomic E-state index is 9.81. The van der Waals surface area contributed by atoms with Crippen molar-refractivity contribution in [3.05, 3.63) is 52.6 Å². The third kappa shape index (κ3) is 2.00.